The topological polar surface area (TPSA) is 72.2 Å². The molecule has 1 rings (SSSR count). The van der Waals surface area contributed by atoms with Gasteiger partial charge in [-0.15, -0.1) is 0 Å². The van der Waals surface area contributed by atoms with E-state index < -0.39 is 32.7 Å². The minimum absolute atomic E-state index is 0.0336. The molecule has 3 N–H and O–H groups in total. The van der Waals surface area contributed by atoms with Crippen LogP contribution in [0.15, 0.2) is 23.1 Å². The number of hydrogen-bond acceptors (Lipinski definition) is 3. The molecular formula is C10H12ClF3N2O2S. The first-order chi connectivity index (χ1) is 8.58. The summed E-state index contributed by atoms with van der Waals surface area (Å²) in [5, 5.41) is -0.196. The van der Waals surface area contributed by atoms with Crippen molar-refractivity contribution in [3.63, 3.8) is 0 Å². The molecule has 0 saturated carbocycles. The van der Waals surface area contributed by atoms with Crippen LogP contribution in [0.1, 0.15) is 12.5 Å². The normalized spacial score (nSPS) is 14.4. The predicted octanol–water partition coefficient (Wildman–Crippen LogP) is 1.98. The summed E-state index contributed by atoms with van der Waals surface area (Å²) < 4.78 is 64.2. The zero-order chi connectivity index (χ0) is 14.8. The quantitative estimate of drug-likeness (QED) is 0.892. The van der Waals surface area contributed by atoms with Crippen LogP contribution in [-0.2, 0) is 16.2 Å². The van der Waals surface area contributed by atoms with Crippen molar-refractivity contribution in [2.24, 2.45) is 5.73 Å². The number of nitrogens with two attached hydrogens (primary N) is 1. The lowest BCUT2D eigenvalue weighted by Gasteiger charge is -2.16. The highest BCUT2D eigenvalue weighted by Gasteiger charge is 2.37. The molecule has 0 saturated heterocycles. The average molecular weight is 317 g/mol. The van der Waals surface area contributed by atoms with Crippen molar-refractivity contribution in [2.75, 3.05) is 6.54 Å². The molecule has 0 radical (unpaired) electrons. The van der Waals surface area contributed by atoms with Crippen LogP contribution in [0.4, 0.5) is 13.2 Å². The second kappa shape index (κ2) is 5.66. The van der Waals surface area contributed by atoms with Crippen LogP contribution in [-0.4, -0.2) is 21.0 Å². The molecule has 9 heteroatoms. The van der Waals surface area contributed by atoms with Gasteiger partial charge >= 0.3 is 6.18 Å². The average Bonchev–Trinajstić information content (AvgIpc) is 2.26. The Kier molecular flexibility index (Phi) is 4.83. The smallest absolute Gasteiger partial charge is 0.329 e. The largest absolute Gasteiger partial charge is 0.417 e. The van der Waals surface area contributed by atoms with E-state index in [1.54, 1.807) is 0 Å². The Hall–Kier alpha value is -0.830. The highest BCUT2D eigenvalue weighted by Crippen LogP contribution is 2.35. The lowest BCUT2D eigenvalue weighted by atomic mass is 10.2. The Morgan fingerprint density at radius 3 is 2.47 bits per heavy atom. The Bertz CT molecular complexity index is 560. The Morgan fingerprint density at radius 2 is 2.00 bits per heavy atom. The van der Waals surface area contributed by atoms with E-state index in [0.29, 0.717) is 6.07 Å². The van der Waals surface area contributed by atoms with Crippen molar-refractivity contribution in [3.05, 3.63) is 28.8 Å². The second-order valence-corrected chi connectivity index (χ2v) is 6.02. The van der Waals surface area contributed by atoms with Crippen LogP contribution >= 0.6 is 11.6 Å². The number of sulfonamides is 1. The molecule has 0 aliphatic rings. The van der Waals surface area contributed by atoms with E-state index in [0.717, 1.165) is 12.1 Å². The number of rotatable bonds is 4. The first-order valence-corrected chi connectivity index (χ1v) is 7.03. The second-order valence-electron chi connectivity index (χ2n) is 3.90. The van der Waals surface area contributed by atoms with Crippen molar-refractivity contribution in [2.45, 2.75) is 24.0 Å². The molecule has 0 fully saturated rings. The van der Waals surface area contributed by atoms with E-state index in [1.165, 1.54) is 6.92 Å². The van der Waals surface area contributed by atoms with E-state index in [-0.39, 0.29) is 11.6 Å². The van der Waals surface area contributed by atoms with Crippen molar-refractivity contribution >= 4 is 21.6 Å². The van der Waals surface area contributed by atoms with Crippen molar-refractivity contribution in [1.29, 1.82) is 0 Å². The third kappa shape index (κ3) is 4.07. The molecule has 0 aromatic heterocycles. The summed E-state index contributed by atoms with van der Waals surface area (Å²) in [7, 11) is -4.31. The molecule has 1 aromatic carbocycles. The summed E-state index contributed by atoms with van der Waals surface area (Å²) in [6.45, 7) is 1.41. The standard InChI is InChI=1S/C10H12ClF3N2O2S/c1-6(5-15)16-19(17,18)9-3-2-7(11)4-8(9)10(12,13)14/h2-4,6,16H,5,15H2,1H3. The van der Waals surface area contributed by atoms with Gasteiger partial charge in [-0.3, -0.25) is 0 Å². The Labute approximate surface area is 113 Å². The first-order valence-electron chi connectivity index (χ1n) is 5.17. The number of benzene rings is 1. The third-order valence-electron chi connectivity index (χ3n) is 2.25. The number of alkyl halides is 3. The van der Waals surface area contributed by atoms with E-state index in [2.05, 4.69) is 4.72 Å². The Balaban J connectivity index is 3.35. The van der Waals surface area contributed by atoms with Crippen LogP contribution in [0, 0.1) is 0 Å². The molecular weight excluding hydrogens is 305 g/mol. The van der Waals surface area contributed by atoms with Gasteiger partial charge in [0.2, 0.25) is 10.0 Å². The monoisotopic (exact) mass is 316 g/mol. The zero-order valence-corrected chi connectivity index (χ0v) is 11.4. The van der Waals surface area contributed by atoms with E-state index in [9.17, 15) is 21.6 Å². The van der Waals surface area contributed by atoms with Gasteiger partial charge in [0.1, 0.15) is 0 Å². The van der Waals surface area contributed by atoms with Gasteiger partial charge in [-0.1, -0.05) is 11.6 Å². The van der Waals surface area contributed by atoms with Crippen LogP contribution in [0.3, 0.4) is 0 Å². The Morgan fingerprint density at radius 1 is 1.42 bits per heavy atom. The van der Waals surface area contributed by atoms with Gasteiger partial charge < -0.3 is 5.73 Å². The fraction of sp³-hybridized carbons (Fsp3) is 0.400. The molecule has 0 aliphatic carbocycles. The van der Waals surface area contributed by atoms with Crippen molar-refractivity contribution < 1.29 is 21.6 Å². The van der Waals surface area contributed by atoms with E-state index >= 15 is 0 Å². The van der Waals surface area contributed by atoms with E-state index in [1.807, 2.05) is 0 Å². The molecule has 0 aliphatic heterocycles. The number of hydrogen-bond donors (Lipinski definition) is 2. The highest BCUT2D eigenvalue weighted by molar-refractivity contribution is 7.89. The lowest BCUT2D eigenvalue weighted by molar-refractivity contribution is -0.139. The molecule has 4 nitrogen and oxygen atoms in total. The molecule has 0 spiro atoms. The summed E-state index contributed by atoms with van der Waals surface area (Å²) in [6, 6.07) is 1.79. The zero-order valence-electron chi connectivity index (χ0n) is 9.83. The molecule has 1 atom stereocenters. The predicted molar refractivity (Wildman–Crippen MR) is 65.3 cm³/mol. The SMILES string of the molecule is CC(CN)NS(=O)(=O)c1ccc(Cl)cc1C(F)(F)F. The van der Waals surface area contributed by atoms with Crippen LogP contribution < -0.4 is 10.5 Å². The van der Waals surface area contributed by atoms with Gasteiger partial charge in [-0.25, -0.2) is 13.1 Å². The van der Waals surface area contributed by atoms with Gasteiger partial charge in [-0.05, 0) is 25.1 Å². The fourth-order valence-corrected chi connectivity index (χ4v) is 2.97. The summed E-state index contributed by atoms with van der Waals surface area (Å²) in [5.74, 6) is 0. The minimum Gasteiger partial charge on any atom is -0.329 e. The number of halogens is 4. The van der Waals surface area contributed by atoms with Crippen molar-refractivity contribution in [1.82, 2.24) is 4.72 Å². The van der Waals surface area contributed by atoms with Crippen LogP contribution in [0.25, 0.3) is 0 Å². The fourth-order valence-electron chi connectivity index (χ4n) is 1.33. The molecule has 108 valence electrons. The summed E-state index contributed by atoms with van der Waals surface area (Å²) in [4.78, 5) is -0.871. The molecule has 0 heterocycles. The van der Waals surface area contributed by atoms with Gasteiger partial charge in [-0.2, -0.15) is 13.2 Å². The van der Waals surface area contributed by atoms with Gasteiger partial charge in [0.25, 0.3) is 0 Å². The van der Waals surface area contributed by atoms with Crippen LogP contribution in [0.2, 0.25) is 5.02 Å². The molecule has 0 amide bonds. The summed E-state index contributed by atoms with van der Waals surface area (Å²) >= 11 is 5.47. The van der Waals surface area contributed by atoms with E-state index in [4.69, 9.17) is 17.3 Å². The summed E-state index contributed by atoms with van der Waals surface area (Å²) in [6.07, 6.45) is -4.82. The maximum Gasteiger partial charge on any atom is 0.417 e. The molecule has 1 aromatic rings. The maximum atomic E-state index is 12.8. The molecule has 0 bridgehead atoms. The minimum atomic E-state index is -4.82. The maximum absolute atomic E-state index is 12.8. The number of nitrogens with one attached hydrogen (secondary N) is 1. The van der Waals surface area contributed by atoms with Crippen molar-refractivity contribution in [3.8, 4) is 0 Å². The lowest BCUT2D eigenvalue weighted by Crippen LogP contribution is -2.38. The molecule has 1 unspecified atom stereocenters. The third-order valence-corrected chi connectivity index (χ3v) is 4.13. The van der Waals surface area contributed by atoms with Gasteiger partial charge in [0.15, 0.2) is 0 Å². The summed E-state index contributed by atoms with van der Waals surface area (Å²) in [5.41, 5.74) is 3.93. The van der Waals surface area contributed by atoms with Crippen LogP contribution in [0.5, 0.6) is 0 Å². The van der Waals surface area contributed by atoms with Gasteiger partial charge in [0, 0.05) is 17.6 Å². The van der Waals surface area contributed by atoms with Gasteiger partial charge in [0.05, 0.1) is 10.5 Å². The highest BCUT2D eigenvalue weighted by atomic mass is 35.5. The first kappa shape index (κ1) is 16.2. The molecule has 19 heavy (non-hydrogen) atoms.